The molecular formula is C14H15NO5-2. The van der Waals surface area contributed by atoms with Crippen LogP contribution in [0.25, 0.3) is 0 Å². The summed E-state index contributed by atoms with van der Waals surface area (Å²) in [4.78, 5) is 35.2. The van der Waals surface area contributed by atoms with Gasteiger partial charge in [-0.2, -0.15) is 0 Å². The third-order valence-electron chi connectivity index (χ3n) is 4.32. The summed E-state index contributed by atoms with van der Waals surface area (Å²) in [5.74, 6) is -3.34. The minimum absolute atomic E-state index is 0.0772. The average molecular weight is 277 g/mol. The lowest BCUT2D eigenvalue weighted by atomic mass is 9.68. The highest BCUT2D eigenvalue weighted by atomic mass is 16.4. The predicted octanol–water partition coefficient (Wildman–Crippen LogP) is -1.72. The third kappa shape index (κ3) is 1.67. The smallest absolute Gasteiger partial charge is 0.178 e. The fourth-order valence-electron chi connectivity index (χ4n) is 2.73. The Morgan fingerprint density at radius 1 is 1.35 bits per heavy atom. The van der Waals surface area contributed by atoms with Crippen molar-refractivity contribution in [2.75, 3.05) is 6.54 Å². The van der Waals surface area contributed by atoms with Crippen molar-refractivity contribution in [1.82, 2.24) is 5.32 Å². The second-order valence-electron chi connectivity index (χ2n) is 5.42. The molecule has 108 valence electrons. The first-order valence-electron chi connectivity index (χ1n) is 6.42. The zero-order valence-electron chi connectivity index (χ0n) is 11.3. The molecule has 2 atom stereocenters. The Morgan fingerprint density at radius 2 is 2.00 bits per heavy atom. The Hall–Kier alpha value is -2.11. The molecule has 1 heterocycles. The number of carbonyl (C=O) groups excluding carboxylic acids is 3. The van der Waals surface area contributed by atoms with Gasteiger partial charge < -0.3 is 25.1 Å². The van der Waals surface area contributed by atoms with Crippen molar-refractivity contribution < 1.29 is 24.6 Å². The molecule has 0 amide bonds. The quantitative estimate of drug-likeness (QED) is 0.614. The number of hydrogen-bond donors (Lipinski definition) is 1. The van der Waals surface area contributed by atoms with Crippen LogP contribution in [0.3, 0.4) is 0 Å². The first-order valence-corrected chi connectivity index (χ1v) is 6.42. The van der Waals surface area contributed by atoms with E-state index in [1.54, 1.807) is 13.0 Å². The van der Waals surface area contributed by atoms with Gasteiger partial charge in [-0.1, -0.05) is 19.1 Å². The van der Waals surface area contributed by atoms with Gasteiger partial charge in [0.25, 0.3) is 0 Å². The number of ketones is 1. The van der Waals surface area contributed by atoms with E-state index < -0.39 is 28.6 Å². The number of carboxylic acid groups (broad SMARTS) is 2. The van der Waals surface area contributed by atoms with Crippen molar-refractivity contribution in [3.63, 3.8) is 0 Å². The molecule has 1 N–H and O–H groups in total. The van der Waals surface area contributed by atoms with Crippen LogP contribution < -0.4 is 15.5 Å². The van der Waals surface area contributed by atoms with Crippen molar-refractivity contribution in [3.05, 3.63) is 23.4 Å². The zero-order valence-corrected chi connectivity index (χ0v) is 11.3. The Kier molecular flexibility index (Phi) is 3.20. The van der Waals surface area contributed by atoms with Gasteiger partial charge in [-0.15, -0.1) is 0 Å². The molecule has 2 aliphatic rings. The molecular weight excluding hydrogens is 262 g/mol. The summed E-state index contributed by atoms with van der Waals surface area (Å²) in [5, 5.41) is 25.5. The van der Waals surface area contributed by atoms with Crippen LogP contribution in [0.1, 0.15) is 26.7 Å². The summed E-state index contributed by atoms with van der Waals surface area (Å²) in [6, 6.07) is 0. The van der Waals surface area contributed by atoms with E-state index in [1.807, 2.05) is 0 Å². The minimum atomic E-state index is -1.65. The molecule has 2 rings (SSSR count). The molecule has 0 bridgehead atoms. The lowest BCUT2D eigenvalue weighted by Gasteiger charge is -2.44. The van der Waals surface area contributed by atoms with E-state index in [2.05, 4.69) is 5.32 Å². The third-order valence-corrected chi connectivity index (χ3v) is 4.32. The lowest BCUT2D eigenvalue weighted by Crippen LogP contribution is -2.59. The van der Waals surface area contributed by atoms with Gasteiger partial charge in [0.05, 0.1) is 22.8 Å². The number of rotatable bonds is 3. The van der Waals surface area contributed by atoms with Crippen molar-refractivity contribution in [2.24, 2.45) is 10.8 Å². The van der Waals surface area contributed by atoms with Crippen LogP contribution >= 0.6 is 0 Å². The van der Waals surface area contributed by atoms with Crippen molar-refractivity contribution in [2.45, 2.75) is 26.7 Å². The Balaban J connectivity index is 2.57. The Bertz CT molecular complexity index is 562. The maximum absolute atomic E-state index is 12.5. The largest absolute Gasteiger partial charge is 0.549 e. The normalized spacial score (nSPS) is 32.6. The molecule has 6 nitrogen and oxygen atoms in total. The monoisotopic (exact) mass is 277 g/mol. The van der Waals surface area contributed by atoms with Crippen LogP contribution in [0, 0.1) is 10.8 Å². The molecule has 0 aromatic rings. The van der Waals surface area contributed by atoms with Crippen LogP contribution in [0.2, 0.25) is 0 Å². The van der Waals surface area contributed by atoms with Gasteiger partial charge in [0.2, 0.25) is 0 Å². The summed E-state index contributed by atoms with van der Waals surface area (Å²) in [7, 11) is 0. The van der Waals surface area contributed by atoms with Crippen LogP contribution in [0.15, 0.2) is 23.4 Å². The van der Waals surface area contributed by atoms with Gasteiger partial charge in [-0.25, -0.2) is 0 Å². The van der Waals surface area contributed by atoms with Crippen molar-refractivity contribution in [1.29, 1.82) is 0 Å². The summed E-state index contributed by atoms with van der Waals surface area (Å²) < 4.78 is 0. The first-order chi connectivity index (χ1) is 9.29. The van der Waals surface area contributed by atoms with Gasteiger partial charge in [0.1, 0.15) is 0 Å². The second-order valence-corrected chi connectivity index (χ2v) is 5.42. The fraction of sp³-hybridized carbons (Fsp3) is 0.500. The first kappa shape index (κ1) is 14.3. The number of allylic oxidation sites excluding steroid dienone is 3. The van der Waals surface area contributed by atoms with Gasteiger partial charge >= 0.3 is 0 Å². The van der Waals surface area contributed by atoms with E-state index in [0.29, 0.717) is 0 Å². The highest BCUT2D eigenvalue weighted by Gasteiger charge is 2.47. The molecule has 1 aliphatic heterocycles. The minimum Gasteiger partial charge on any atom is -0.549 e. The van der Waals surface area contributed by atoms with Crippen LogP contribution in [-0.2, 0) is 14.4 Å². The molecule has 0 saturated carbocycles. The highest BCUT2D eigenvalue weighted by molar-refractivity contribution is 6.14. The summed E-state index contributed by atoms with van der Waals surface area (Å²) in [6.07, 6.45) is 3.30. The van der Waals surface area contributed by atoms with E-state index in [1.165, 1.54) is 13.0 Å². The summed E-state index contributed by atoms with van der Waals surface area (Å²) >= 11 is 0. The number of aliphatic carboxylic acids is 2. The standard InChI is InChI=1S/C14H17NO5/c1-3-14(12(19)20)7-15-9-8(10(14)16)5-4-6-13(9,2)11(17)18/h4-5,15H,3,6-7H2,1-2H3,(H,17,18)(H,19,20)/p-2. The van der Waals surface area contributed by atoms with Gasteiger partial charge in [-0.05, 0) is 19.8 Å². The molecule has 0 radical (unpaired) electrons. The molecule has 0 fully saturated rings. The zero-order chi connectivity index (χ0) is 15.1. The molecule has 20 heavy (non-hydrogen) atoms. The molecule has 6 heteroatoms. The molecule has 0 aromatic heterocycles. The topological polar surface area (TPSA) is 109 Å². The number of Topliss-reactive ketones (excluding diaryl/α,β-unsaturated/α-hetero) is 1. The SMILES string of the molecule is CCC1(C(=O)[O-])CNC2=C(C=CCC2(C)C(=O)[O-])C1=O. The summed E-state index contributed by atoms with van der Waals surface area (Å²) in [6.45, 7) is 2.88. The molecule has 1 aliphatic carbocycles. The van der Waals surface area contributed by atoms with Crippen molar-refractivity contribution >= 4 is 17.7 Å². The molecule has 0 spiro atoms. The number of carboxylic acids is 2. The van der Waals surface area contributed by atoms with Crippen molar-refractivity contribution in [3.8, 4) is 0 Å². The number of nitrogens with one attached hydrogen (secondary N) is 1. The van der Waals surface area contributed by atoms with E-state index in [9.17, 15) is 24.6 Å². The second kappa shape index (κ2) is 4.47. The fourth-order valence-corrected chi connectivity index (χ4v) is 2.73. The lowest BCUT2D eigenvalue weighted by molar-refractivity contribution is -0.316. The molecule has 0 saturated heterocycles. The van der Waals surface area contributed by atoms with Crippen LogP contribution in [0.4, 0.5) is 0 Å². The van der Waals surface area contributed by atoms with Gasteiger partial charge in [-0.3, -0.25) is 4.79 Å². The highest BCUT2D eigenvalue weighted by Crippen LogP contribution is 2.41. The number of hydrogen-bond acceptors (Lipinski definition) is 6. The van der Waals surface area contributed by atoms with E-state index in [-0.39, 0.29) is 30.7 Å². The van der Waals surface area contributed by atoms with E-state index in [4.69, 9.17) is 0 Å². The number of carbonyl (C=O) groups is 3. The maximum atomic E-state index is 12.5. The molecule has 2 unspecified atom stereocenters. The Morgan fingerprint density at radius 3 is 2.50 bits per heavy atom. The Labute approximate surface area is 116 Å². The summed E-state index contributed by atoms with van der Waals surface area (Å²) in [5.41, 5.74) is -2.66. The average Bonchev–Trinajstić information content (AvgIpc) is 2.40. The van der Waals surface area contributed by atoms with Crippen LogP contribution in [0.5, 0.6) is 0 Å². The molecule has 0 aromatic carbocycles. The van der Waals surface area contributed by atoms with Gasteiger partial charge in [0.15, 0.2) is 5.78 Å². The maximum Gasteiger partial charge on any atom is 0.178 e. The van der Waals surface area contributed by atoms with E-state index in [0.717, 1.165) is 0 Å². The van der Waals surface area contributed by atoms with Gasteiger partial charge in [0, 0.05) is 17.8 Å². The van der Waals surface area contributed by atoms with E-state index >= 15 is 0 Å². The van der Waals surface area contributed by atoms with Crippen LogP contribution in [-0.4, -0.2) is 24.3 Å². The predicted molar refractivity (Wildman–Crippen MR) is 64.6 cm³/mol.